The van der Waals surface area contributed by atoms with Crippen molar-refractivity contribution in [3.8, 4) is 0 Å². The molecule has 2 saturated carbocycles. The number of β-amino-alcohol motifs (C(OH)–C–C–N with tert-alkyl or cyclic N) is 1. The highest BCUT2D eigenvalue weighted by molar-refractivity contribution is 4.84. The Hall–Kier alpha value is -0.120. The second-order valence-electron chi connectivity index (χ2n) is 7.24. The van der Waals surface area contributed by atoms with E-state index in [-0.39, 0.29) is 6.10 Å². The minimum absolute atomic E-state index is 0.0756. The lowest BCUT2D eigenvalue weighted by Gasteiger charge is -2.39. The van der Waals surface area contributed by atoms with Crippen LogP contribution in [-0.4, -0.2) is 59.8 Å². The maximum atomic E-state index is 10.4. The molecule has 3 fully saturated rings. The molecule has 1 unspecified atom stereocenters. The molecule has 0 bridgehead atoms. The van der Waals surface area contributed by atoms with Gasteiger partial charge in [0.05, 0.1) is 6.10 Å². The van der Waals surface area contributed by atoms with Gasteiger partial charge in [-0.1, -0.05) is 32.1 Å². The van der Waals surface area contributed by atoms with E-state index in [1.165, 1.54) is 84.0 Å². The molecule has 0 spiro atoms. The Balaban J connectivity index is 1.39. The highest BCUT2D eigenvalue weighted by Crippen LogP contribution is 2.28. The summed E-state index contributed by atoms with van der Waals surface area (Å²) >= 11 is 0. The molecule has 0 aromatic carbocycles. The first kappa shape index (κ1) is 14.8. The molecule has 1 N–H and O–H groups in total. The van der Waals surface area contributed by atoms with Crippen LogP contribution in [0.15, 0.2) is 0 Å². The maximum absolute atomic E-state index is 10.4. The Morgan fingerprint density at radius 1 is 0.800 bits per heavy atom. The average molecular weight is 280 g/mol. The van der Waals surface area contributed by atoms with Gasteiger partial charge < -0.3 is 5.11 Å². The highest BCUT2D eigenvalue weighted by Gasteiger charge is 2.28. The van der Waals surface area contributed by atoms with Crippen molar-refractivity contribution in [1.82, 2.24) is 9.80 Å². The summed E-state index contributed by atoms with van der Waals surface area (Å²) in [7, 11) is 0. The number of hydrogen-bond donors (Lipinski definition) is 1. The number of aliphatic hydroxyl groups is 1. The van der Waals surface area contributed by atoms with Gasteiger partial charge in [-0.2, -0.15) is 0 Å². The third-order valence-electron chi connectivity index (χ3n) is 5.89. The summed E-state index contributed by atoms with van der Waals surface area (Å²) in [6.07, 6.45) is 12.2. The summed E-state index contributed by atoms with van der Waals surface area (Å²) in [6.45, 7) is 5.70. The molecule has 0 amide bonds. The first-order chi connectivity index (χ1) is 9.83. The molecule has 0 aromatic rings. The van der Waals surface area contributed by atoms with Gasteiger partial charge in [0.25, 0.3) is 0 Å². The monoisotopic (exact) mass is 280 g/mol. The van der Waals surface area contributed by atoms with E-state index in [0.29, 0.717) is 5.92 Å². The van der Waals surface area contributed by atoms with Crippen molar-refractivity contribution in [1.29, 1.82) is 0 Å². The molecule has 2 aliphatic carbocycles. The minimum atomic E-state index is -0.0756. The third-order valence-corrected chi connectivity index (χ3v) is 5.89. The second-order valence-corrected chi connectivity index (χ2v) is 7.24. The predicted molar refractivity (Wildman–Crippen MR) is 82.9 cm³/mol. The van der Waals surface area contributed by atoms with Gasteiger partial charge in [0.15, 0.2) is 0 Å². The molecule has 3 heteroatoms. The lowest BCUT2D eigenvalue weighted by atomic mass is 9.85. The Morgan fingerprint density at radius 2 is 1.40 bits per heavy atom. The van der Waals surface area contributed by atoms with Crippen molar-refractivity contribution in [2.24, 2.45) is 5.92 Å². The molecular formula is C17H32N2O. The molecule has 3 rings (SSSR count). The van der Waals surface area contributed by atoms with Crippen LogP contribution in [0.3, 0.4) is 0 Å². The number of rotatable bonds is 4. The number of aliphatic hydroxyl groups excluding tert-OH is 1. The van der Waals surface area contributed by atoms with Crippen LogP contribution in [0.2, 0.25) is 0 Å². The van der Waals surface area contributed by atoms with Gasteiger partial charge in [-0.3, -0.25) is 9.80 Å². The Bertz CT molecular complexity index is 277. The van der Waals surface area contributed by atoms with Crippen molar-refractivity contribution in [2.45, 2.75) is 69.9 Å². The number of hydrogen-bond acceptors (Lipinski definition) is 3. The van der Waals surface area contributed by atoms with E-state index < -0.39 is 0 Å². The average Bonchev–Trinajstić information content (AvgIpc) is 3.03. The van der Waals surface area contributed by atoms with E-state index in [2.05, 4.69) is 9.80 Å². The zero-order valence-corrected chi connectivity index (χ0v) is 13.0. The quantitative estimate of drug-likeness (QED) is 0.857. The molecule has 3 nitrogen and oxygen atoms in total. The van der Waals surface area contributed by atoms with E-state index in [9.17, 15) is 5.11 Å². The third kappa shape index (κ3) is 3.75. The molecule has 116 valence electrons. The summed E-state index contributed by atoms with van der Waals surface area (Å²) in [5.41, 5.74) is 0. The summed E-state index contributed by atoms with van der Waals surface area (Å²) in [5, 5.41) is 10.4. The number of nitrogens with zero attached hydrogens (tertiary/aromatic N) is 2. The SMILES string of the molecule is OC(CN1CCN(C2CCCC2)CC1)C1CCCCC1. The van der Waals surface area contributed by atoms with E-state index in [1.807, 2.05) is 0 Å². The van der Waals surface area contributed by atoms with Gasteiger partial charge in [0.2, 0.25) is 0 Å². The van der Waals surface area contributed by atoms with Crippen molar-refractivity contribution < 1.29 is 5.11 Å². The summed E-state index contributed by atoms with van der Waals surface area (Å²) < 4.78 is 0. The van der Waals surface area contributed by atoms with E-state index in [4.69, 9.17) is 0 Å². The molecule has 20 heavy (non-hydrogen) atoms. The van der Waals surface area contributed by atoms with Crippen molar-refractivity contribution in [3.05, 3.63) is 0 Å². The molecule has 1 aliphatic heterocycles. The largest absolute Gasteiger partial charge is 0.392 e. The van der Waals surface area contributed by atoms with Crippen LogP contribution in [0, 0.1) is 5.92 Å². The lowest BCUT2D eigenvalue weighted by Crippen LogP contribution is -2.51. The highest BCUT2D eigenvalue weighted by atomic mass is 16.3. The maximum Gasteiger partial charge on any atom is 0.0695 e. The van der Waals surface area contributed by atoms with Gasteiger partial charge in [-0.15, -0.1) is 0 Å². The molecular weight excluding hydrogens is 248 g/mol. The topological polar surface area (TPSA) is 26.7 Å². The van der Waals surface area contributed by atoms with Crippen LogP contribution in [0.1, 0.15) is 57.8 Å². The Kier molecular flexibility index (Phi) is 5.36. The zero-order chi connectivity index (χ0) is 13.8. The molecule has 1 atom stereocenters. The van der Waals surface area contributed by atoms with E-state index >= 15 is 0 Å². The molecule has 0 aromatic heterocycles. The second kappa shape index (κ2) is 7.24. The van der Waals surface area contributed by atoms with Crippen LogP contribution in [0.4, 0.5) is 0 Å². The predicted octanol–water partition coefficient (Wildman–Crippen LogP) is 2.49. The summed E-state index contributed by atoms with van der Waals surface area (Å²) in [5.74, 6) is 0.580. The van der Waals surface area contributed by atoms with Gasteiger partial charge in [-0.05, 0) is 31.6 Å². The number of piperazine rings is 1. The zero-order valence-electron chi connectivity index (χ0n) is 13.0. The lowest BCUT2D eigenvalue weighted by molar-refractivity contribution is 0.0226. The fourth-order valence-electron chi connectivity index (χ4n) is 4.51. The fourth-order valence-corrected chi connectivity index (χ4v) is 4.51. The standard InChI is InChI=1S/C17H32N2O/c20-17(15-6-2-1-3-7-15)14-18-10-12-19(13-11-18)16-8-4-5-9-16/h15-17,20H,1-14H2. The summed E-state index contributed by atoms with van der Waals surface area (Å²) in [6, 6.07) is 0.875. The molecule has 1 heterocycles. The first-order valence-corrected chi connectivity index (χ1v) is 8.97. The van der Waals surface area contributed by atoms with E-state index in [0.717, 1.165) is 12.6 Å². The van der Waals surface area contributed by atoms with Crippen LogP contribution in [0.5, 0.6) is 0 Å². The smallest absolute Gasteiger partial charge is 0.0695 e. The van der Waals surface area contributed by atoms with Gasteiger partial charge in [0, 0.05) is 38.8 Å². The normalized spacial score (nSPS) is 29.9. The van der Waals surface area contributed by atoms with Gasteiger partial charge in [0.1, 0.15) is 0 Å². The molecule has 1 saturated heterocycles. The van der Waals surface area contributed by atoms with E-state index in [1.54, 1.807) is 0 Å². The minimum Gasteiger partial charge on any atom is -0.392 e. The first-order valence-electron chi connectivity index (χ1n) is 8.97. The van der Waals surface area contributed by atoms with Gasteiger partial charge in [-0.25, -0.2) is 0 Å². The van der Waals surface area contributed by atoms with Crippen molar-refractivity contribution in [3.63, 3.8) is 0 Å². The van der Waals surface area contributed by atoms with Crippen LogP contribution < -0.4 is 0 Å². The van der Waals surface area contributed by atoms with Crippen molar-refractivity contribution in [2.75, 3.05) is 32.7 Å². The molecule has 0 radical (unpaired) electrons. The van der Waals surface area contributed by atoms with Crippen LogP contribution in [0.25, 0.3) is 0 Å². The van der Waals surface area contributed by atoms with Crippen LogP contribution in [-0.2, 0) is 0 Å². The molecule has 3 aliphatic rings. The summed E-state index contributed by atoms with van der Waals surface area (Å²) in [4.78, 5) is 5.21. The fraction of sp³-hybridized carbons (Fsp3) is 1.00. The van der Waals surface area contributed by atoms with Gasteiger partial charge >= 0.3 is 0 Å². The Labute approximate surface area is 124 Å². The van der Waals surface area contributed by atoms with Crippen LogP contribution >= 0.6 is 0 Å². The van der Waals surface area contributed by atoms with Crippen molar-refractivity contribution >= 4 is 0 Å². The Morgan fingerprint density at radius 3 is 2.05 bits per heavy atom.